The molecule has 0 radical (unpaired) electrons. The van der Waals surface area contributed by atoms with Crippen LogP contribution < -0.4 is 14.8 Å². The molecule has 0 aliphatic heterocycles. The molecule has 0 saturated carbocycles. The number of rotatable bonds is 8. The highest BCUT2D eigenvalue weighted by Gasteiger charge is 2.11. The van der Waals surface area contributed by atoms with Crippen LogP contribution >= 0.6 is 11.8 Å². The van der Waals surface area contributed by atoms with Gasteiger partial charge < -0.3 is 14.8 Å². The van der Waals surface area contributed by atoms with Crippen LogP contribution in [0.5, 0.6) is 17.4 Å². The van der Waals surface area contributed by atoms with Crippen LogP contribution in [-0.4, -0.2) is 28.7 Å². The molecule has 7 heteroatoms. The third-order valence-corrected chi connectivity index (χ3v) is 4.54. The maximum absolute atomic E-state index is 12.1. The average Bonchev–Trinajstić information content (AvgIpc) is 2.73. The van der Waals surface area contributed by atoms with Gasteiger partial charge in [0.05, 0.1) is 12.9 Å². The van der Waals surface area contributed by atoms with Crippen LogP contribution in [0.4, 0.5) is 0 Å². The maximum atomic E-state index is 12.1. The first-order valence-corrected chi connectivity index (χ1v) is 9.29. The van der Waals surface area contributed by atoms with Gasteiger partial charge in [-0.25, -0.2) is 9.97 Å². The Morgan fingerprint density at radius 1 is 1.00 bits per heavy atom. The fourth-order valence-corrected chi connectivity index (χ4v) is 2.93. The second-order valence-electron chi connectivity index (χ2n) is 5.50. The highest BCUT2D eigenvalue weighted by molar-refractivity contribution is 8.00. The van der Waals surface area contributed by atoms with E-state index >= 15 is 0 Å². The van der Waals surface area contributed by atoms with Crippen molar-refractivity contribution in [2.45, 2.75) is 11.6 Å². The number of ether oxygens (including phenoxy) is 2. The number of nitrogens with zero attached hydrogens (tertiary/aromatic N) is 2. The van der Waals surface area contributed by atoms with Gasteiger partial charge in [-0.2, -0.15) is 0 Å². The number of amides is 1. The summed E-state index contributed by atoms with van der Waals surface area (Å²) in [6.45, 7) is 0.456. The van der Waals surface area contributed by atoms with Crippen LogP contribution in [0.1, 0.15) is 5.56 Å². The van der Waals surface area contributed by atoms with E-state index in [1.54, 1.807) is 19.5 Å². The Labute approximate surface area is 162 Å². The second kappa shape index (κ2) is 9.59. The Bertz CT molecular complexity index is 873. The highest BCUT2D eigenvalue weighted by atomic mass is 32.2. The molecule has 3 aromatic rings. The quantitative estimate of drug-likeness (QED) is 0.600. The zero-order valence-corrected chi connectivity index (χ0v) is 15.6. The zero-order valence-electron chi connectivity index (χ0n) is 14.8. The van der Waals surface area contributed by atoms with Crippen molar-refractivity contribution in [2.75, 3.05) is 12.9 Å². The molecule has 3 rings (SSSR count). The molecule has 1 heterocycles. The third-order valence-electron chi connectivity index (χ3n) is 3.58. The van der Waals surface area contributed by atoms with E-state index in [9.17, 15) is 4.79 Å². The molecule has 27 heavy (non-hydrogen) atoms. The number of methoxy groups -OCH3 is 1. The van der Waals surface area contributed by atoms with Crippen molar-refractivity contribution in [1.82, 2.24) is 15.3 Å². The third kappa shape index (κ3) is 5.72. The van der Waals surface area contributed by atoms with Crippen molar-refractivity contribution in [1.29, 1.82) is 0 Å². The molecule has 1 aromatic heterocycles. The van der Waals surface area contributed by atoms with E-state index in [1.165, 1.54) is 11.8 Å². The summed E-state index contributed by atoms with van der Waals surface area (Å²) in [5.74, 6) is 1.97. The Morgan fingerprint density at radius 2 is 1.74 bits per heavy atom. The SMILES string of the molecule is COc1ccc(CNC(=O)CSc2nccnc2Oc2ccccc2)cc1. The van der Waals surface area contributed by atoms with Crippen LogP contribution in [0.15, 0.2) is 72.0 Å². The highest BCUT2D eigenvalue weighted by Crippen LogP contribution is 2.28. The second-order valence-corrected chi connectivity index (χ2v) is 6.46. The maximum Gasteiger partial charge on any atom is 0.252 e. The van der Waals surface area contributed by atoms with Crippen molar-refractivity contribution in [3.05, 3.63) is 72.6 Å². The lowest BCUT2D eigenvalue weighted by atomic mass is 10.2. The monoisotopic (exact) mass is 381 g/mol. The van der Waals surface area contributed by atoms with Crippen LogP contribution in [-0.2, 0) is 11.3 Å². The molecule has 1 amide bonds. The number of nitrogens with one attached hydrogen (secondary N) is 1. The van der Waals surface area contributed by atoms with Crippen molar-refractivity contribution in [3.63, 3.8) is 0 Å². The molecule has 0 atom stereocenters. The molecule has 6 nitrogen and oxygen atoms in total. The summed E-state index contributed by atoms with van der Waals surface area (Å²) in [4.78, 5) is 20.6. The van der Waals surface area contributed by atoms with Gasteiger partial charge >= 0.3 is 0 Å². The summed E-state index contributed by atoms with van der Waals surface area (Å²) in [6.07, 6.45) is 3.14. The average molecular weight is 381 g/mol. The molecule has 1 N–H and O–H groups in total. The summed E-state index contributed by atoms with van der Waals surface area (Å²) in [7, 11) is 1.62. The lowest BCUT2D eigenvalue weighted by Gasteiger charge is -2.09. The van der Waals surface area contributed by atoms with Crippen LogP contribution in [0, 0.1) is 0 Å². The summed E-state index contributed by atoms with van der Waals surface area (Å²) >= 11 is 1.28. The Balaban J connectivity index is 1.52. The van der Waals surface area contributed by atoms with Gasteiger partial charge in [0.2, 0.25) is 5.91 Å². The Hall–Kier alpha value is -3.06. The number of para-hydroxylation sites is 1. The first-order chi connectivity index (χ1) is 13.2. The van der Waals surface area contributed by atoms with Gasteiger partial charge in [-0.15, -0.1) is 0 Å². The number of hydrogen-bond donors (Lipinski definition) is 1. The lowest BCUT2D eigenvalue weighted by molar-refractivity contribution is -0.118. The van der Waals surface area contributed by atoms with Gasteiger partial charge in [-0.1, -0.05) is 42.1 Å². The molecule has 0 aliphatic carbocycles. The summed E-state index contributed by atoms with van der Waals surface area (Å²) in [6, 6.07) is 16.9. The molecular formula is C20H19N3O3S. The molecule has 0 bridgehead atoms. The number of carbonyl (C=O) groups is 1. The summed E-state index contributed by atoms with van der Waals surface area (Å²) in [5, 5.41) is 3.46. The minimum Gasteiger partial charge on any atom is -0.497 e. The van der Waals surface area contributed by atoms with E-state index in [-0.39, 0.29) is 11.7 Å². The largest absolute Gasteiger partial charge is 0.497 e. The van der Waals surface area contributed by atoms with Gasteiger partial charge in [-0.3, -0.25) is 4.79 Å². The van der Waals surface area contributed by atoms with Gasteiger partial charge in [0.15, 0.2) is 5.03 Å². The molecule has 0 saturated heterocycles. The van der Waals surface area contributed by atoms with Gasteiger partial charge in [0.25, 0.3) is 5.88 Å². The lowest BCUT2D eigenvalue weighted by Crippen LogP contribution is -2.24. The van der Waals surface area contributed by atoms with Gasteiger partial charge in [-0.05, 0) is 29.8 Å². The number of aromatic nitrogens is 2. The van der Waals surface area contributed by atoms with E-state index in [2.05, 4.69) is 15.3 Å². The van der Waals surface area contributed by atoms with E-state index in [0.29, 0.717) is 23.2 Å². The molecule has 0 fully saturated rings. The van der Waals surface area contributed by atoms with Crippen molar-refractivity contribution >= 4 is 17.7 Å². The predicted octanol–water partition coefficient (Wildman–Crippen LogP) is 3.69. The van der Waals surface area contributed by atoms with Crippen LogP contribution in [0.2, 0.25) is 0 Å². The molecular weight excluding hydrogens is 362 g/mol. The number of carbonyl (C=O) groups excluding carboxylic acids is 1. The minimum atomic E-state index is -0.0906. The first kappa shape index (κ1) is 18.7. The fourth-order valence-electron chi connectivity index (χ4n) is 2.21. The minimum absolute atomic E-state index is 0.0906. The normalized spacial score (nSPS) is 10.3. The van der Waals surface area contributed by atoms with Crippen molar-refractivity contribution < 1.29 is 14.3 Å². The van der Waals surface area contributed by atoms with Gasteiger partial charge in [0.1, 0.15) is 11.5 Å². The van der Waals surface area contributed by atoms with E-state index in [4.69, 9.17) is 9.47 Å². The molecule has 0 unspecified atom stereocenters. The summed E-state index contributed by atoms with van der Waals surface area (Å²) in [5.41, 5.74) is 1.00. The van der Waals surface area contributed by atoms with Crippen molar-refractivity contribution in [3.8, 4) is 17.4 Å². The molecule has 2 aromatic carbocycles. The summed E-state index contributed by atoms with van der Waals surface area (Å²) < 4.78 is 10.9. The van der Waals surface area contributed by atoms with Crippen molar-refractivity contribution in [2.24, 2.45) is 0 Å². The number of benzene rings is 2. The fraction of sp³-hybridized carbons (Fsp3) is 0.150. The number of hydrogen-bond acceptors (Lipinski definition) is 6. The number of thioether (sulfide) groups is 1. The standard InChI is InChI=1S/C20H19N3O3S/c1-25-16-9-7-15(8-10-16)13-23-18(24)14-27-20-19(21-11-12-22-20)26-17-5-3-2-4-6-17/h2-12H,13-14H2,1H3,(H,23,24). The Kier molecular flexibility index (Phi) is 6.65. The molecule has 0 spiro atoms. The molecule has 138 valence electrons. The topological polar surface area (TPSA) is 73.3 Å². The van der Waals surface area contributed by atoms with Crippen LogP contribution in [0.25, 0.3) is 0 Å². The van der Waals surface area contributed by atoms with E-state index in [1.807, 2.05) is 54.6 Å². The zero-order chi connectivity index (χ0) is 18.9. The Morgan fingerprint density at radius 3 is 2.48 bits per heavy atom. The van der Waals surface area contributed by atoms with E-state index in [0.717, 1.165) is 11.3 Å². The molecule has 0 aliphatic rings. The van der Waals surface area contributed by atoms with Gasteiger partial charge in [0, 0.05) is 18.9 Å². The smallest absolute Gasteiger partial charge is 0.252 e. The van der Waals surface area contributed by atoms with E-state index < -0.39 is 0 Å². The predicted molar refractivity (Wildman–Crippen MR) is 104 cm³/mol. The first-order valence-electron chi connectivity index (χ1n) is 8.31. The van der Waals surface area contributed by atoms with Crippen LogP contribution in [0.3, 0.4) is 0 Å².